The van der Waals surface area contributed by atoms with Crippen molar-refractivity contribution in [3.8, 4) is 17.2 Å². The third-order valence-corrected chi connectivity index (χ3v) is 5.19. The minimum Gasteiger partial charge on any atom is -0.493 e. The van der Waals surface area contributed by atoms with E-state index in [4.69, 9.17) is 14.2 Å². The van der Waals surface area contributed by atoms with Crippen LogP contribution in [0.25, 0.3) is 0 Å². The van der Waals surface area contributed by atoms with Crippen molar-refractivity contribution in [2.45, 2.75) is 13.5 Å². The molecule has 0 heterocycles. The normalized spacial score (nSPS) is 10.9. The lowest BCUT2D eigenvalue weighted by Gasteiger charge is -2.24. The molecule has 0 saturated carbocycles. The number of nitrogens with one attached hydrogen (secondary N) is 1. The molecule has 0 bridgehead atoms. The molecule has 0 aromatic heterocycles. The summed E-state index contributed by atoms with van der Waals surface area (Å²) in [5, 5.41) is 2.73. The number of carbonyl (C=O) groups is 1. The lowest BCUT2D eigenvalue weighted by molar-refractivity contribution is -0.119. The van der Waals surface area contributed by atoms with Gasteiger partial charge in [0, 0.05) is 6.54 Å². The maximum atomic E-state index is 12.5. The maximum Gasteiger partial charge on any atom is 0.241 e. The van der Waals surface area contributed by atoms with E-state index in [0.29, 0.717) is 29.5 Å². The standard InChI is InChI=1S/C20H26N2O6S/c1-5-28-17-9-7-6-8-16(17)22(29(4,24)25)14-20(23)21-13-15-10-11-18(26-2)19(12-15)27-3/h6-12H,5,13-14H2,1-4H3,(H,21,23). The van der Waals surface area contributed by atoms with Crippen LogP contribution in [0, 0.1) is 0 Å². The fourth-order valence-electron chi connectivity index (χ4n) is 2.70. The van der Waals surface area contributed by atoms with E-state index in [1.54, 1.807) is 56.5 Å². The van der Waals surface area contributed by atoms with Gasteiger partial charge in [0.1, 0.15) is 12.3 Å². The van der Waals surface area contributed by atoms with Crippen LogP contribution in [0.4, 0.5) is 5.69 Å². The number of methoxy groups -OCH3 is 2. The summed E-state index contributed by atoms with van der Waals surface area (Å²) >= 11 is 0. The molecule has 0 atom stereocenters. The molecule has 2 aromatic carbocycles. The quantitative estimate of drug-likeness (QED) is 0.631. The minimum atomic E-state index is -3.70. The van der Waals surface area contributed by atoms with Gasteiger partial charge in [-0.05, 0) is 36.8 Å². The fraction of sp³-hybridized carbons (Fsp3) is 0.350. The maximum absolute atomic E-state index is 12.5. The zero-order valence-corrected chi connectivity index (χ0v) is 17.8. The zero-order valence-electron chi connectivity index (χ0n) is 17.0. The molecule has 0 unspecified atom stereocenters. The van der Waals surface area contributed by atoms with Gasteiger partial charge >= 0.3 is 0 Å². The molecule has 8 nitrogen and oxygen atoms in total. The topological polar surface area (TPSA) is 94.2 Å². The monoisotopic (exact) mass is 422 g/mol. The van der Waals surface area contributed by atoms with Crippen LogP contribution in [0.15, 0.2) is 42.5 Å². The number of ether oxygens (including phenoxy) is 3. The number of hydrogen-bond acceptors (Lipinski definition) is 6. The first-order valence-corrected chi connectivity index (χ1v) is 10.8. The summed E-state index contributed by atoms with van der Waals surface area (Å²) in [4.78, 5) is 12.5. The summed E-state index contributed by atoms with van der Waals surface area (Å²) in [6.07, 6.45) is 1.05. The van der Waals surface area contributed by atoms with E-state index in [0.717, 1.165) is 16.1 Å². The Hall–Kier alpha value is -2.94. The number of anilines is 1. The van der Waals surface area contributed by atoms with Gasteiger partial charge in [-0.3, -0.25) is 9.10 Å². The third-order valence-electron chi connectivity index (χ3n) is 4.06. The highest BCUT2D eigenvalue weighted by Crippen LogP contribution is 2.30. The Kier molecular flexibility index (Phi) is 7.72. The van der Waals surface area contributed by atoms with Crippen LogP contribution in [0.1, 0.15) is 12.5 Å². The van der Waals surface area contributed by atoms with Crippen molar-refractivity contribution in [3.05, 3.63) is 48.0 Å². The molecule has 0 fully saturated rings. The molecule has 9 heteroatoms. The number of para-hydroxylation sites is 2. The highest BCUT2D eigenvalue weighted by Gasteiger charge is 2.23. The highest BCUT2D eigenvalue weighted by atomic mass is 32.2. The summed E-state index contributed by atoms with van der Waals surface area (Å²) in [5.74, 6) is 1.07. The molecule has 0 spiro atoms. The molecule has 0 aliphatic heterocycles. The summed E-state index contributed by atoms with van der Waals surface area (Å²) in [6.45, 7) is 2.03. The Bertz CT molecular complexity index is 946. The predicted octanol–water partition coefficient (Wildman–Crippen LogP) is 2.18. The smallest absolute Gasteiger partial charge is 0.241 e. The predicted molar refractivity (Wildman–Crippen MR) is 111 cm³/mol. The van der Waals surface area contributed by atoms with E-state index in [-0.39, 0.29) is 13.1 Å². The summed E-state index contributed by atoms with van der Waals surface area (Å²) in [7, 11) is -0.632. The van der Waals surface area contributed by atoms with Gasteiger partial charge in [-0.25, -0.2) is 8.42 Å². The molecular weight excluding hydrogens is 396 g/mol. The second kappa shape index (κ2) is 10.0. The molecule has 2 rings (SSSR count). The lowest BCUT2D eigenvalue weighted by Crippen LogP contribution is -2.40. The molecule has 0 saturated heterocycles. The number of benzene rings is 2. The number of rotatable bonds is 10. The minimum absolute atomic E-state index is 0.212. The van der Waals surface area contributed by atoms with Crippen LogP contribution < -0.4 is 23.8 Å². The Morgan fingerprint density at radius 3 is 2.34 bits per heavy atom. The number of nitrogens with zero attached hydrogens (tertiary/aromatic N) is 1. The Balaban J connectivity index is 2.14. The van der Waals surface area contributed by atoms with Crippen LogP contribution in [0.5, 0.6) is 17.2 Å². The van der Waals surface area contributed by atoms with Gasteiger partial charge in [-0.2, -0.15) is 0 Å². The highest BCUT2D eigenvalue weighted by molar-refractivity contribution is 7.92. The first kappa shape index (κ1) is 22.4. The summed E-state index contributed by atoms with van der Waals surface area (Å²) in [5.41, 5.74) is 1.11. The summed E-state index contributed by atoms with van der Waals surface area (Å²) in [6, 6.07) is 12.0. The molecule has 0 radical (unpaired) electrons. The number of carbonyl (C=O) groups excluding carboxylic acids is 1. The van der Waals surface area contributed by atoms with Gasteiger partial charge in [-0.15, -0.1) is 0 Å². The van der Waals surface area contributed by atoms with Crippen LogP contribution in [-0.2, 0) is 21.4 Å². The van der Waals surface area contributed by atoms with E-state index in [1.165, 1.54) is 7.11 Å². The number of sulfonamides is 1. The van der Waals surface area contributed by atoms with Crippen LogP contribution in [-0.4, -0.2) is 48.0 Å². The van der Waals surface area contributed by atoms with Gasteiger partial charge in [0.15, 0.2) is 11.5 Å². The fourth-order valence-corrected chi connectivity index (χ4v) is 3.56. The van der Waals surface area contributed by atoms with Gasteiger partial charge in [0.2, 0.25) is 15.9 Å². The third kappa shape index (κ3) is 6.02. The Morgan fingerprint density at radius 2 is 1.72 bits per heavy atom. The Labute approximate surface area is 171 Å². The first-order chi connectivity index (χ1) is 13.8. The van der Waals surface area contributed by atoms with Crippen molar-refractivity contribution in [1.29, 1.82) is 0 Å². The van der Waals surface area contributed by atoms with E-state index < -0.39 is 15.9 Å². The number of hydrogen-bond donors (Lipinski definition) is 1. The summed E-state index contributed by atoms with van der Waals surface area (Å²) < 4.78 is 41.6. The second-order valence-corrected chi connectivity index (χ2v) is 8.04. The van der Waals surface area contributed by atoms with Crippen molar-refractivity contribution in [2.24, 2.45) is 0 Å². The molecule has 1 amide bonds. The largest absolute Gasteiger partial charge is 0.493 e. The average molecular weight is 423 g/mol. The molecule has 2 aromatic rings. The Morgan fingerprint density at radius 1 is 1.03 bits per heavy atom. The second-order valence-electron chi connectivity index (χ2n) is 6.14. The van der Waals surface area contributed by atoms with Gasteiger partial charge in [0.25, 0.3) is 0 Å². The van der Waals surface area contributed by atoms with Gasteiger partial charge in [-0.1, -0.05) is 18.2 Å². The van der Waals surface area contributed by atoms with Crippen LogP contribution in [0.3, 0.4) is 0 Å². The number of amides is 1. The zero-order chi connectivity index (χ0) is 21.4. The van der Waals surface area contributed by atoms with E-state index in [2.05, 4.69) is 5.32 Å². The lowest BCUT2D eigenvalue weighted by atomic mass is 10.2. The van der Waals surface area contributed by atoms with E-state index in [1.807, 2.05) is 0 Å². The average Bonchev–Trinajstić information content (AvgIpc) is 2.70. The van der Waals surface area contributed by atoms with Crippen molar-refractivity contribution in [2.75, 3.05) is 37.9 Å². The molecule has 0 aliphatic rings. The molecule has 29 heavy (non-hydrogen) atoms. The van der Waals surface area contributed by atoms with Crippen molar-refractivity contribution in [1.82, 2.24) is 5.32 Å². The van der Waals surface area contributed by atoms with Gasteiger partial charge in [0.05, 0.1) is 32.8 Å². The van der Waals surface area contributed by atoms with Gasteiger partial charge < -0.3 is 19.5 Å². The van der Waals surface area contributed by atoms with Crippen molar-refractivity contribution < 1.29 is 27.4 Å². The first-order valence-electron chi connectivity index (χ1n) is 8.97. The molecule has 0 aliphatic carbocycles. The van der Waals surface area contributed by atoms with Crippen LogP contribution in [0.2, 0.25) is 0 Å². The van der Waals surface area contributed by atoms with E-state index >= 15 is 0 Å². The van der Waals surface area contributed by atoms with Crippen LogP contribution >= 0.6 is 0 Å². The van der Waals surface area contributed by atoms with Crippen molar-refractivity contribution >= 4 is 21.6 Å². The molecular formula is C20H26N2O6S. The van der Waals surface area contributed by atoms with Crippen molar-refractivity contribution in [3.63, 3.8) is 0 Å². The SMILES string of the molecule is CCOc1ccccc1N(CC(=O)NCc1ccc(OC)c(OC)c1)S(C)(=O)=O. The van der Waals surface area contributed by atoms with E-state index in [9.17, 15) is 13.2 Å². The molecule has 1 N–H and O–H groups in total. The molecule has 158 valence electrons.